The average Bonchev–Trinajstić information content (AvgIpc) is 3.21. The molecule has 3 N–H and O–H groups in total. The monoisotopic (exact) mass is 637 g/mol. The standard InChI is InChI=1S/C24H24ClF3N3O8PS/c1-34-13-3-7-15(8-4-13)38-40(41,39-16-9-5-14(35-2)6-10-16)36-12-24(22(27)28)19(26)18(32)21(37-24)31-11-17(25)20(29)30-23(31)33/h3-11,18-19,21-22,32H,12H2,1-2H3,(H2,29,30,33). The fourth-order valence-corrected chi connectivity index (χ4v) is 5.87. The molecule has 0 amide bonds. The number of hydrogen-bond acceptors (Lipinski definition) is 11. The minimum Gasteiger partial charge on any atom is -0.497 e. The van der Waals surface area contributed by atoms with Gasteiger partial charge in [0.2, 0.25) is 0 Å². The highest BCUT2D eigenvalue weighted by atomic mass is 35.5. The van der Waals surface area contributed by atoms with Crippen molar-refractivity contribution in [2.24, 2.45) is 0 Å². The molecule has 2 heterocycles. The zero-order valence-corrected chi connectivity index (χ0v) is 23.8. The van der Waals surface area contributed by atoms with Crippen LogP contribution in [0.3, 0.4) is 0 Å². The highest BCUT2D eigenvalue weighted by Gasteiger charge is 2.63. The fourth-order valence-electron chi connectivity index (χ4n) is 3.79. The van der Waals surface area contributed by atoms with Gasteiger partial charge in [-0.15, -0.1) is 0 Å². The number of benzene rings is 2. The Balaban J connectivity index is 1.65. The van der Waals surface area contributed by atoms with Crippen LogP contribution in [0.25, 0.3) is 0 Å². The van der Waals surface area contributed by atoms with E-state index in [1.54, 1.807) is 24.3 Å². The van der Waals surface area contributed by atoms with Gasteiger partial charge in [0.1, 0.15) is 34.9 Å². The van der Waals surface area contributed by atoms with E-state index in [1.165, 1.54) is 38.5 Å². The lowest BCUT2D eigenvalue weighted by Gasteiger charge is -2.32. The maximum atomic E-state index is 15.5. The summed E-state index contributed by atoms with van der Waals surface area (Å²) in [5.41, 5.74) is 1.26. The summed E-state index contributed by atoms with van der Waals surface area (Å²) in [5.74, 6) is 0.889. The molecule has 11 nitrogen and oxygen atoms in total. The molecule has 1 aliphatic rings. The first kappa shape index (κ1) is 30.9. The van der Waals surface area contributed by atoms with Crippen molar-refractivity contribution in [2.75, 3.05) is 26.6 Å². The van der Waals surface area contributed by atoms with Gasteiger partial charge in [-0.1, -0.05) is 11.6 Å². The molecule has 17 heteroatoms. The SMILES string of the molecule is COc1ccc(OP(=S)(OCC2(C(F)F)OC(n3cc(Cl)c(N)nc3=O)C(O)C2F)Oc2ccc(OC)cc2)cc1. The van der Waals surface area contributed by atoms with Crippen molar-refractivity contribution in [3.63, 3.8) is 0 Å². The first-order valence-electron chi connectivity index (χ1n) is 11.7. The number of aliphatic hydroxyl groups is 1. The Morgan fingerprint density at radius 1 is 1.10 bits per heavy atom. The van der Waals surface area contributed by atoms with Crippen molar-refractivity contribution in [1.82, 2.24) is 9.55 Å². The van der Waals surface area contributed by atoms with Crippen LogP contribution >= 0.6 is 18.3 Å². The van der Waals surface area contributed by atoms with Crippen molar-refractivity contribution in [1.29, 1.82) is 0 Å². The first-order valence-corrected chi connectivity index (χ1v) is 14.6. The minimum absolute atomic E-state index is 0.130. The molecule has 4 atom stereocenters. The molecule has 1 aromatic heterocycles. The predicted octanol–water partition coefficient (Wildman–Crippen LogP) is 4.13. The Labute approximate surface area is 241 Å². The highest BCUT2D eigenvalue weighted by molar-refractivity contribution is 8.07. The van der Waals surface area contributed by atoms with Crippen LogP contribution in [-0.2, 0) is 21.1 Å². The maximum Gasteiger partial charge on any atom is 0.435 e. The van der Waals surface area contributed by atoms with Crippen LogP contribution in [0.15, 0.2) is 59.5 Å². The van der Waals surface area contributed by atoms with E-state index in [-0.39, 0.29) is 22.3 Å². The zero-order chi connectivity index (χ0) is 29.9. The summed E-state index contributed by atoms with van der Waals surface area (Å²) in [6, 6.07) is 12.1. The molecular formula is C24H24ClF3N3O8PS. The third kappa shape index (κ3) is 6.55. The largest absolute Gasteiger partial charge is 0.497 e. The number of aromatic nitrogens is 2. The van der Waals surface area contributed by atoms with Gasteiger partial charge in [0.25, 0.3) is 6.43 Å². The van der Waals surface area contributed by atoms with Gasteiger partial charge in [0.15, 0.2) is 18.0 Å². The minimum atomic E-state index is -4.04. The molecule has 1 saturated heterocycles. The van der Waals surface area contributed by atoms with Gasteiger partial charge in [-0.3, -0.25) is 9.09 Å². The number of alkyl halides is 3. The molecule has 1 fully saturated rings. The summed E-state index contributed by atoms with van der Waals surface area (Å²) < 4.78 is 77.7. The summed E-state index contributed by atoms with van der Waals surface area (Å²) in [4.78, 5) is 15.8. The second-order valence-electron chi connectivity index (χ2n) is 8.57. The maximum absolute atomic E-state index is 15.5. The third-order valence-electron chi connectivity index (χ3n) is 5.98. The van der Waals surface area contributed by atoms with Crippen LogP contribution in [-0.4, -0.2) is 59.8 Å². The Kier molecular flexibility index (Phi) is 9.36. The van der Waals surface area contributed by atoms with Crippen LogP contribution in [0.2, 0.25) is 5.02 Å². The molecule has 1 aliphatic heterocycles. The Morgan fingerprint density at radius 3 is 2.05 bits per heavy atom. The number of rotatable bonds is 11. The van der Waals surface area contributed by atoms with Gasteiger partial charge in [-0.25, -0.2) is 18.0 Å². The molecule has 2 aromatic carbocycles. The predicted molar refractivity (Wildman–Crippen MR) is 145 cm³/mol. The molecule has 0 radical (unpaired) electrons. The summed E-state index contributed by atoms with van der Waals surface area (Å²) in [6.07, 6.45) is -9.66. The van der Waals surface area contributed by atoms with Gasteiger partial charge in [0, 0.05) is 18.0 Å². The van der Waals surface area contributed by atoms with E-state index < -0.39 is 49.5 Å². The van der Waals surface area contributed by atoms with E-state index in [0.29, 0.717) is 16.1 Å². The molecule has 222 valence electrons. The number of hydrogen-bond donors (Lipinski definition) is 2. The van der Waals surface area contributed by atoms with Gasteiger partial charge >= 0.3 is 12.4 Å². The van der Waals surface area contributed by atoms with Crippen LogP contribution in [0.4, 0.5) is 19.0 Å². The number of nitrogen functional groups attached to an aromatic ring is 1. The topological polar surface area (TPSA) is 137 Å². The second kappa shape index (κ2) is 12.4. The summed E-state index contributed by atoms with van der Waals surface area (Å²) in [7, 11) is 2.91. The normalized spacial score (nSPS) is 22.5. The van der Waals surface area contributed by atoms with E-state index in [1.807, 2.05) is 0 Å². The summed E-state index contributed by atoms with van der Waals surface area (Å²) >= 11 is 11.4. The van der Waals surface area contributed by atoms with Crippen LogP contribution in [0.5, 0.6) is 23.0 Å². The number of methoxy groups -OCH3 is 2. The van der Waals surface area contributed by atoms with Crippen LogP contribution in [0, 0.1) is 0 Å². The van der Waals surface area contributed by atoms with Crippen LogP contribution in [0.1, 0.15) is 6.23 Å². The van der Waals surface area contributed by atoms with Crippen molar-refractivity contribution < 1.29 is 46.1 Å². The molecule has 0 bridgehead atoms. The Hall–Kier alpha value is -3.07. The van der Waals surface area contributed by atoms with Crippen molar-refractivity contribution in [2.45, 2.75) is 30.5 Å². The Bertz CT molecular complexity index is 1420. The van der Waals surface area contributed by atoms with Crippen molar-refractivity contribution in [3.8, 4) is 23.0 Å². The van der Waals surface area contributed by atoms with E-state index in [2.05, 4.69) is 4.98 Å². The average molecular weight is 638 g/mol. The molecule has 0 aliphatic carbocycles. The molecule has 4 unspecified atom stereocenters. The molecule has 3 aromatic rings. The quantitative estimate of drug-likeness (QED) is 0.294. The number of nitrogens with two attached hydrogens (primary N) is 1. The number of aliphatic hydroxyl groups excluding tert-OH is 1. The molecule has 0 spiro atoms. The number of nitrogens with zero attached hydrogens (tertiary/aromatic N) is 2. The van der Waals surface area contributed by atoms with Crippen molar-refractivity contribution >= 4 is 35.9 Å². The van der Waals surface area contributed by atoms with Crippen molar-refractivity contribution in [3.05, 3.63) is 70.2 Å². The molecule has 0 saturated carbocycles. The lowest BCUT2D eigenvalue weighted by atomic mass is 9.98. The van der Waals surface area contributed by atoms with E-state index >= 15 is 4.39 Å². The van der Waals surface area contributed by atoms with Gasteiger partial charge in [-0.2, -0.15) is 4.98 Å². The number of anilines is 1. The summed E-state index contributed by atoms with van der Waals surface area (Å²) in [5, 5.41) is 10.3. The lowest BCUT2D eigenvalue weighted by molar-refractivity contribution is -0.183. The smallest absolute Gasteiger partial charge is 0.435 e. The van der Waals surface area contributed by atoms with E-state index in [4.69, 9.17) is 56.9 Å². The fraction of sp³-hybridized carbons (Fsp3) is 0.333. The first-order chi connectivity index (χ1) is 19.4. The highest BCUT2D eigenvalue weighted by Crippen LogP contribution is 2.53. The summed E-state index contributed by atoms with van der Waals surface area (Å²) in [6.45, 7) is -5.28. The Morgan fingerprint density at radius 2 is 1.59 bits per heavy atom. The lowest BCUT2D eigenvalue weighted by Crippen LogP contribution is -2.50. The van der Waals surface area contributed by atoms with Gasteiger partial charge in [0.05, 0.1) is 25.8 Å². The second-order valence-corrected chi connectivity index (χ2v) is 11.8. The molecule has 4 rings (SSSR count). The zero-order valence-electron chi connectivity index (χ0n) is 21.4. The van der Waals surface area contributed by atoms with Crippen LogP contribution < -0.4 is 29.9 Å². The van der Waals surface area contributed by atoms with Gasteiger partial charge < -0.3 is 34.1 Å². The van der Waals surface area contributed by atoms with Gasteiger partial charge in [-0.05, 0) is 48.5 Å². The number of ether oxygens (including phenoxy) is 3. The number of halogens is 4. The third-order valence-corrected chi connectivity index (χ3v) is 8.35. The molecular weight excluding hydrogens is 614 g/mol. The van der Waals surface area contributed by atoms with E-state index in [0.717, 1.165) is 6.20 Å². The molecule has 41 heavy (non-hydrogen) atoms. The van der Waals surface area contributed by atoms with E-state index in [9.17, 15) is 18.7 Å².